The van der Waals surface area contributed by atoms with Crippen molar-refractivity contribution in [3.05, 3.63) is 38.9 Å². The van der Waals surface area contributed by atoms with Gasteiger partial charge in [-0.2, -0.15) is 0 Å². The number of carbonyl (C=O) groups is 1. The van der Waals surface area contributed by atoms with Crippen LogP contribution in [0.4, 0.5) is 5.69 Å². The first-order valence-corrected chi connectivity index (χ1v) is 7.18. The summed E-state index contributed by atoms with van der Waals surface area (Å²) in [6, 6.07) is 4.80. The minimum absolute atomic E-state index is 0.0813. The molecule has 114 valence electrons. The van der Waals surface area contributed by atoms with Gasteiger partial charge in [-0.05, 0) is 33.0 Å². The minimum Gasteiger partial charge on any atom is -0.338 e. The van der Waals surface area contributed by atoms with Gasteiger partial charge in [-0.25, -0.2) is 0 Å². The average Bonchev–Trinajstić information content (AvgIpc) is 2.46. The van der Waals surface area contributed by atoms with E-state index in [1.807, 2.05) is 14.1 Å². The van der Waals surface area contributed by atoms with Crippen LogP contribution < -0.4 is 0 Å². The zero-order chi connectivity index (χ0) is 15.6. The van der Waals surface area contributed by atoms with Crippen LogP contribution in [-0.2, 0) is 0 Å². The molecule has 1 heterocycles. The third kappa shape index (κ3) is 3.33. The van der Waals surface area contributed by atoms with Crippen LogP contribution in [-0.4, -0.2) is 53.9 Å². The van der Waals surface area contributed by atoms with E-state index in [4.69, 9.17) is 11.6 Å². The predicted molar refractivity (Wildman–Crippen MR) is 80.7 cm³/mol. The maximum absolute atomic E-state index is 12.5. The summed E-state index contributed by atoms with van der Waals surface area (Å²) in [6.07, 6.45) is 1.79. The van der Waals surface area contributed by atoms with Crippen LogP contribution in [0.3, 0.4) is 0 Å². The molecule has 0 aliphatic carbocycles. The molecular weight excluding hydrogens is 294 g/mol. The standard InChI is InChI=1S/C14H18ClN3O3/c1-16(2)10-6-8-17(9-7-10)14(19)11-4-3-5-12(13(11)15)18(20)21/h3-5,10H,6-9H2,1-2H3. The van der Waals surface area contributed by atoms with Crippen molar-refractivity contribution in [3.63, 3.8) is 0 Å². The number of piperidine rings is 1. The second-order valence-corrected chi connectivity index (χ2v) is 5.76. The highest BCUT2D eigenvalue weighted by Crippen LogP contribution is 2.29. The van der Waals surface area contributed by atoms with Gasteiger partial charge in [-0.15, -0.1) is 0 Å². The molecule has 21 heavy (non-hydrogen) atoms. The second kappa shape index (κ2) is 6.41. The Bertz CT molecular complexity index is 554. The number of rotatable bonds is 3. The Morgan fingerprint density at radius 1 is 1.38 bits per heavy atom. The highest BCUT2D eigenvalue weighted by atomic mass is 35.5. The van der Waals surface area contributed by atoms with Crippen molar-refractivity contribution >= 4 is 23.2 Å². The Balaban J connectivity index is 2.15. The van der Waals surface area contributed by atoms with Crippen molar-refractivity contribution < 1.29 is 9.72 Å². The van der Waals surface area contributed by atoms with E-state index in [0.717, 1.165) is 12.8 Å². The van der Waals surface area contributed by atoms with Crippen LogP contribution in [0.5, 0.6) is 0 Å². The third-order valence-electron chi connectivity index (χ3n) is 3.89. The summed E-state index contributed by atoms with van der Waals surface area (Å²) in [5.74, 6) is -0.235. The van der Waals surface area contributed by atoms with Gasteiger partial charge >= 0.3 is 0 Å². The molecule has 1 aliphatic heterocycles. The molecule has 1 aromatic rings. The highest BCUT2D eigenvalue weighted by Gasteiger charge is 2.27. The van der Waals surface area contributed by atoms with E-state index in [0.29, 0.717) is 19.1 Å². The first-order chi connectivity index (χ1) is 9.91. The number of hydrogen-bond donors (Lipinski definition) is 0. The predicted octanol–water partition coefficient (Wildman–Crippen LogP) is 2.41. The number of carbonyl (C=O) groups excluding carboxylic acids is 1. The molecule has 0 N–H and O–H groups in total. The van der Waals surface area contributed by atoms with Gasteiger partial charge in [0.1, 0.15) is 5.02 Å². The quantitative estimate of drug-likeness (QED) is 0.635. The molecule has 1 aliphatic rings. The summed E-state index contributed by atoms with van der Waals surface area (Å²) < 4.78 is 0. The molecule has 0 saturated carbocycles. The Morgan fingerprint density at radius 3 is 2.52 bits per heavy atom. The molecule has 0 aromatic heterocycles. The van der Waals surface area contributed by atoms with Gasteiger partial charge in [0.05, 0.1) is 10.5 Å². The molecule has 1 saturated heterocycles. The van der Waals surface area contributed by atoms with Crippen molar-refractivity contribution in [3.8, 4) is 0 Å². The molecular formula is C14H18ClN3O3. The van der Waals surface area contributed by atoms with E-state index < -0.39 is 4.92 Å². The lowest BCUT2D eigenvalue weighted by molar-refractivity contribution is -0.384. The van der Waals surface area contributed by atoms with Crippen molar-refractivity contribution in [1.82, 2.24) is 9.80 Å². The number of halogens is 1. The van der Waals surface area contributed by atoms with E-state index >= 15 is 0 Å². The number of benzene rings is 1. The van der Waals surface area contributed by atoms with Crippen LogP contribution in [0.1, 0.15) is 23.2 Å². The number of nitrogens with zero attached hydrogens (tertiary/aromatic N) is 3. The van der Waals surface area contributed by atoms with E-state index in [1.165, 1.54) is 18.2 Å². The van der Waals surface area contributed by atoms with Crippen LogP contribution in [0.25, 0.3) is 0 Å². The largest absolute Gasteiger partial charge is 0.338 e. The van der Waals surface area contributed by atoms with Gasteiger partial charge < -0.3 is 9.80 Å². The zero-order valence-corrected chi connectivity index (χ0v) is 12.8. The van der Waals surface area contributed by atoms with Crippen molar-refractivity contribution in [2.45, 2.75) is 18.9 Å². The van der Waals surface area contributed by atoms with E-state index in [9.17, 15) is 14.9 Å². The molecule has 0 spiro atoms. The smallest absolute Gasteiger partial charge is 0.288 e. The molecule has 6 nitrogen and oxygen atoms in total. The first kappa shape index (κ1) is 15.7. The van der Waals surface area contributed by atoms with Crippen LogP contribution in [0.15, 0.2) is 18.2 Å². The Hall–Kier alpha value is -1.66. The number of nitro groups is 1. The van der Waals surface area contributed by atoms with Gasteiger partial charge in [0, 0.05) is 25.2 Å². The Labute approximate surface area is 128 Å². The van der Waals surface area contributed by atoms with Crippen LogP contribution in [0.2, 0.25) is 5.02 Å². The Kier molecular flexibility index (Phi) is 4.80. The van der Waals surface area contributed by atoms with Gasteiger partial charge in [-0.3, -0.25) is 14.9 Å². The number of amides is 1. The normalized spacial score (nSPS) is 16.3. The summed E-state index contributed by atoms with van der Waals surface area (Å²) in [4.78, 5) is 26.7. The molecule has 2 rings (SSSR count). The monoisotopic (exact) mass is 311 g/mol. The number of nitro benzene ring substituents is 1. The molecule has 1 fully saturated rings. The van der Waals surface area contributed by atoms with E-state index in [2.05, 4.69) is 4.90 Å². The Morgan fingerprint density at radius 2 is 2.00 bits per heavy atom. The van der Waals surface area contributed by atoms with Crippen LogP contribution in [0, 0.1) is 10.1 Å². The third-order valence-corrected chi connectivity index (χ3v) is 4.28. The van der Waals surface area contributed by atoms with Crippen molar-refractivity contribution in [2.75, 3.05) is 27.2 Å². The van der Waals surface area contributed by atoms with Gasteiger partial charge in [-0.1, -0.05) is 17.7 Å². The van der Waals surface area contributed by atoms with Crippen molar-refractivity contribution in [1.29, 1.82) is 0 Å². The van der Waals surface area contributed by atoms with Crippen LogP contribution >= 0.6 is 11.6 Å². The minimum atomic E-state index is -0.572. The maximum Gasteiger partial charge on any atom is 0.288 e. The highest BCUT2D eigenvalue weighted by molar-refractivity contribution is 6.35. The topological polar surface area (TPSA) is 66.7 Å². The molecule has 0 unspecified atom stereocenters. The molecule has 0 atom stereocenters. The average molecular weight is 312 g/mol. The summed E-state index contributed by atoms with van der Waals surface area (Å²) >= 11 is 6.00. The maximum atomic E-state index is 12.5. The molecule has 0 radical (unpaired) electrons. The summed E-state index contributed by atoms with van der Waals surface area (Å²) in [7, 11) is 4.05. The summed E-state index contributed by atoms with van der Waals surface area (Å²) in [5, 5.41) is 10.8. The fourth-order valence-electron chi connectivity index (χ4n) is 2.58. The summed E-state index contributed by atoms with van der Waals surface area (Å²) in [6.45, 7) is 1.28. The lowest BCUT2D eigenvalue weighted by Crippen LogP contribution is -2.44. The van der Waals surface area contributed by atoms with Gasteiger partial charge in [0.2, 0.25) is 0 Å². The lowest BCUT2D eigenvalue weighted by atomic mass is 10.0. The first-order valence-electron chi connectivity index (χ1n) is 6.80. The van der Waals surface area contributed by atoms with Gasteiger partial charge in [0.15, 0.2) is 0 Å². The molecule has 1 aromatic carbocycles. The molecule has 7 heteroatoms. The summed E-state index contributed by atoms with van der Waals surface area (Å²) in [5.41, 5.74) is -0.0279. The zero-order valence-electron chi connectivity index (χ0n) is 12.1. The molecule has 1 amide bonds. The lowest BCUT2D eigenvalue weighted by Gasteiger charge is -2.35. The van der Waals surface area contributed by atoms with E-state index in [-0.39, 0.29) is 22.2 Å². The fourth-order valence-corrected chi connectivity index (χ4v) is 2.86. The van der Waals surface area contributed by atoms with Gasteiger partial charge in [0.25, 0.3) is 11.6 Å². The fraction of sp³-hybridized carbons (Fsp3) is 0.500. The number of likely N-dealkylation sites (tertiary alicyclic amines) is 1. The second-order valence-electron chi connectivity index (χ2n) is 5.38. The number of hydrogen-bond acceptors (Lipinski definition) is 4. The molecule has 0 bridgehead atoms. The van der Waals surface area contributed by atoms with E-state index in [1.54, 1.807) is 4.90 Å². The SMILES string of the molecule is CN(C)C1CCN(C(=O)c2cccc([N+](=O)[O-])c2Cl)CC1. The van der Waals surface area contributed by atoms with Crippen molar-refractivity contribution in [2.24, 2.45) is 0 Å².